The molecule has 2 aromatic carbocycles. The molecule has 2 aromatic heterocycles. The highest BCUT2D eigenvalue weighted by molar-refractivity contribution is 7.07. The van der Waals surface area contributed by atoms with Gasteiger partial charge in [0.15, 0.2) is 0 Å². The summed E-state index contributed by atoms with van der Waals surface area (Å²) >= 11 is 1.41. The van der Waals surface area contributed by atoms with E-state index in [4.69, 9.17) is 0 Å². The largest absolute Gasteiger partial charge is 0.416 e. The highest BCUT2D eigenvalue weighted by atomic mass is 32.1. The van der Waals surface area contributed by atoms with E-state index in [0.29, 0.717) is 43.0 Å². The molecule has 2 aliphatic rings. The smallest absolute Gasteiger partial charge is 0.350 e. The Kier molecular flexibility index (Phi) is 6.43. The fraction of sp³-hybridized carbons (Fsp3) is 0.321. The van der Waals surface area contributed by atoms with Crippen molar-refractivity contribution in [2.24, 2.45) is 7.05 Å². The van der Waals surface area contributed by atoms with E-state index in [1.54, 1.807) is 21.9 Å². The van der Waals surface area contributed by atoms with Gasteiger partial charge in [0, 0.05) is 78.9 Å². The third-order valence-electron chi connectivity index (χ3n) is 7.53. The Morgan fingerprint density at radius 1 is 1.00 bits per heavy atom. The minimum absolute atomic E-state index is 0.0384. The van der Waals surface area contributed by atoms with Gasteiger partial charge in [-0.3, -0.25) is 9.59 Å². The van der Waals surface area contributed by atoms with E-state index in [1.807, 2.05) is 34.8 Å². The van der Waals surface area contributed by atoms with Gasteiger partial charge in [0.2, 0.25) is 0 Å². The molecule has 4 heterocycles. The summed E-state index contributed by atoms with van der Waals surface area (Å²) in [6.07, 6.45) is -1.64. The summed E-state index contributed by atoms with van der Waals surface area (Å²) in [5.74, 6) is -0.0949. The number of likely N-dealkylation sites (tertiary alicyclic amines) is 2. The average Bonchev–Trinajstić information content (AvgIpc) is 3.66. The number of benzene rings is 2. The van der Waals surface area contributed by atoms with Gasteiger partial charge in [-0.25, -0.2) is 4.98 Å². The molecule has 2 amide bonds. The number of hydrogen-bond donors (Lipinski definition) is 1. The van der Waals surface area contributed by atoms with Crippen molar-refractivity contribution in [2.75, 3.05) is 26.2 Å². The van der Waals surface area contributed by atoms with Crippen LogP contribution in [0.15, 0.2) is 59.6 Å². The molecule has 1 N–H and O–H groups in total. The summed E-state index contributed by atoms with van der Waals surface area (Å²) in [6.45, 7) is 2.51. The number of alkyl halides is 3. The molecule has 0 spiro atoms. The van der Waals surface area contributed by atoms with Crippen LogP contribution in [0.3, 0.4) is 0 Å². The van der Waals surface area contributed by atoms with Crippen molar-refractivity contribution in [3.63, 3.8) is 0 Å². The molecule has 2 saturated heterocycles. The average molecular weight is 554 g/mol. The molecule has 0 saturated carbocycles. The Morgan fingerprint density at radius 3 is 2.44 bits per heavy atom. The Hall–Kier alpha value is -3.70. The Morgan fingerprint density at radius 2 is 1.74 bits per heavy atom. The molecule has 39 heavy (non-hydrogen) atoms. The van der Waals surface area contributed by atoms with Gasteiger partial charge in [-0.15, -0.1) is 11.3 Å². The van der Waals surface area contributed by atoms with Crippen molar-refractivity contribution in [3.05, 3.63) is 76.4 Å². The fourth-order valence-corrected chi connectivity index (χ4v) is 5.94. The molecule has 4 aromatic rings. The van der Waals surface area contributed by atoms with Crippen molar-refractivity contribution in [1.82, 2.24) is 24.7 Å². The zero-order valence-electron chi connectivity index (χ0n) is 21.1. The molecule has 2 aliphatic heterocycles. The molecule has 1 atom stereocenters. The number of carbonyl (C=O) groups excluding carboxylic acids is 2. The van der Waals surface area contributed by atoms with E-state index in [-0.39, 0.29) is 23.9 Å². The summed E-state index contributed by atoms with van der Waals surface area (Å²) in [7, 11) is 1.86. The predicted octanol–water partition coefficient (Wildman–Crippen LogP) is 4.65. The molecule has 0 bridgehead atoms. The Bertz CT molecular complexity index is 1530. The van der Waals surface area contributed by atoms with Crippen LogP contribution in [0, 0.1) is 0 Å². The van der Waals surface area contributed by atoms with Crippen LogP contribution in [0.5, 0.6) is 0 Å². The summed E-state index contributed by atoms with van der Waals surface area (Å²) in [6, 6.07) is 11.0. The second-order valence-corrected chi connectivity index (χ2v) is 10.9. The fourth-order valence-electron chi connectivity index (χ4n) is 5.41. The van der Waals surface area contributed by atoms with Crippen molar-refractivity contribution in [3.8, 4) is 11.1 Å². The number of rotatable bonds is 5. The van der Waals surface area contributed by atoms with Gasteiger partial charge in [0.05, 0.1) is 11.1 Å². The maximum absolute atomic E-state index is 13.2. The molecule has 202 valence electrons. The van der Waals surface area contributed by atoms with Gasteiger partial charge in [0.1, 0.15) is 5.69 Å². The number of thiazole rings is 1. The molecule has 0 radical (unpaired) electrons. The van der Waals surface area contributed by atoms with Gasteiger partial charge in [-0.1, -0.05) is 18.2 Å². The third kappa shape index (κ3) is 4.92. The van der Waals surface area contributed by atoms with Crippen LogP contribution in [0.4, 0.5) is 13.2 Å². The zero-order chi connectivity index (χ0) is 27.3. The molecule has 7 nitrogen and oxygen atoms in total. The number of aryl methyl sites for hydroxylation is 1. The van der Waals surface area contributed by atoms with Crippen LogP contribution in [0.1, 0.15) is 32.8 Å². The number of nitrogens with zero attached hydrogens (tertiary/aromatic N) is 4. The van der Waals surface area contributed by atoms with Crippen LogP contribution in [0.2, 0.25) is 0 Å². The van der Waals surface area contributed by atoms with Crippen LogP contribution >= 0.6 is 11.3 Å². The van der Waals surface area contributed by atoms with E-state index < -0.39 is 11.7 Å². The molecule has 2 fully saturated rings. The highest BCUT2D eigenvalue weighted by Gasteiger charge is 2.35. The zero-order valence-corrected chi connectivity index (χ0v) is 21.9. The van der Waals surface area contributed by atoms with Crippen molar-refractivity contribution in [1.29, 1.82) is 0 Å². The van der Waals surface area contributed by atoms with Crippen LogP contribution in [0.25, 0.3) is 22.0 Å². The SMILES string of the molecule is Cn1cc(-c2ccc(C(F)(F)F)cc2)c2ccc(C(=O)N3CC(N[C@H]4CCN(C(=O)c5cscn5)C4)C3)cc21. The minimum atomic E-state index is -4.38. The topological polar surface area (TPSA) is 70.5 Å². The van der Waals surface area contributed by atoms with Crippen LogP contribution < -0.4 is 5.32 Å². The summed E-state index contributed by atoms with van der Waals surface area (Å²) in [5, 5.41) is 6.21. The monoisotopic (exact) mass is 553 g/mol. The quantitative estimate of drug-likeness (QED) is 0.391. The molecular formula is C28H26F3N5O2S. The van der Waals surface area contributed by atoms with E-state index in [0.717, 1.165) is 35.0 Å². The van der Waals surface area contributed by atoms with Crippen LogP contribution in [-0.2, 0) is 13.2 Å². The molecule has 11 heteroatoms. The first kappa shape index (κ1) is 25.6. The lowest BCUT2D eigenvalue weighted by molar-refractivity contribution is -0.137. The standard InChI is InChI=1S/C28H26F3N5O2S/c1-34-14-23(17-2-5-19(6-3-17)28(29,30)31)22-7-4-18(10-25(22)34)26(37)36-12-21(13-36)33-20-8-9-35(11-20)27(38)24-15-39-16-32-24/h2-7,10,14-16,20-21,33H,8-9,11-13H2,1H3/t20-/m0/s1. The van der Waals surface area contributed by atoms with Crippen molar-refractivity contribution < 1.29 is 22.8 Å². The number of hydrogen-bond acceptors (Lipinski definition) is 5. The summed E-state index contributed by atoms with van der Waals surface area (Å²) in [5.41, 5.74) is 4.37. The normalized spacial score (nSPS) is 18.1. The maximum Gasteiger partial charge on any atom is 0.416 e. The minimum Gasteiger partial charge on any atom is -0.350 e. The van der Waals surface area contributed by atoms with Crippen LogP contribution in [-0.4, -0.2) is 69.4 Å². The molecular weight excluding hydrogens is 527 g/mol. The summed E-state index contributed by atoms with van der Waals surface area (Å²) in [4.78, 5) is 33.4. The van der Waals surface area contributed by atoms with Gasteiger partial charge >= 0.3 is 6.18 Å². The van der Waals surface area contributed by atoms with Gasteiger partial charge in [-0.2, -0.15) is 13.2 Å². The van der Waals surface area contributed by atoms with E-state index in [9.17, 15) is 22.8 Å². The van der Waals surface area contributed by atoms with Crippen molar-refractivity contribution in [2.45, 2.75) is 24.7 Å². The van der Waals surface area contributed by atoms with Gasteiger partial charge in [-0.05, 0) is 36.2 Å². The number of fused-ring (bicyclic) bond motifs is 1. The lowest BCUT2D eigenvalue weighted by Crippen LogP contribution is -2.62. The number of halogens is 3. The molecule has 0 aliphatic carbocycles. The van der Waals surface area contributed by atoms with Gasteiger partial charge < -0.3 is 19.7 Å². The summed E-state index contributed by atoms with van der Waals surface area (Å²) < 4.78 is 40.8. The second kappa shape index (κ2) is 9.80. The third-order valence-corrected chi connectivity index (χ3v) is 8.11. The Labute approximate surface area is 226 Å². The molecule has 0 unspecified atom stereocenters. The number of amides is 2. The first-order valence-electron chi connectivity index (χ1n) is 12.7. The number of nitrogens with one attached hydrogen (secondary N) is 1. The second-order valence-electron chi connectivity index (χ2n) is 10.1. The first-order valence-corrected chi connectivity index (χ1v) is 13.6. The lowest BCUT2D eigenvalue weighted by atomic mass is 10.0. The van der Waals surface area contributed by atoms with Crippen molar-refractivity contribution >= 4 is 34.1 Å². The van der Waals surface area contributed by atoms with E-state index >= 15 is 0 Å². The highest BCUT2D eigenvalue weighted by Crippen LogP contribution is 2.34. The number of aromatic nitrogens is 2. The predicted molar refractivity (Wildman–Crippen MR) is 143 cm³/mol. The number of carbonyl (C=O) groups is 2. The Balaban J connectivity index is 1.08. The maximum atomic E-state index is 13.2. The van der Waals surface area contributed by atoms with Gasteiger partial charge in [0.25, 0.3) is 11.8 Å². The van der Waals surface area contributed by atoms with E-state index in [1.165, 1.54) is 23.5 Å². The molecule has 6 rings (SSSR count). The van der Waals surface area contributed by atoms with E-state index in [2.05, 4.69) is 10.3 Å². The first-order chi connectivity index (χ1) is 18.7. The lowest BCUT2D eigenvalue weighted by Gasteiger charge is -2.41.